The van der Waals surface area contributed by atoms with Gasteiger partial charge in [0.2, 0.25) is 10.0 Å². The molecule has 8 heteroatoms. The molecule has 106 valence electrons. The highest BCUT2D eigenvalue weighted by atomic mass is 32.2. The molecule has 1 aromatic carbocycles. The Morgan fingerprint density at radius 2 is 2.15 bits per heavy atom. The zero-order chi connectivity index (χ0) is 14.2. The van der Waals surface area contributed by atoms with E-state index in [9.17, 15) is 8.42 Å². The van der Waals surface area contributed by atoms with Crippen molar-refractivity contribution in [1.29, 1.82) is 0 Å². The predicted octanol–water partition coefficient (Wildman–Crippen LogP) is -0.103. The molecule has 0 saturated heterocycles. The molecule has 2 aromatic rings. The van der Waals surface area contributed by atoms with E-state index < -0.39 is 10.0 Å². The van der Waals surface area contributed by atoms with Gasteiger partial charge in [-0.05, 0) is 23.3 Å². The van der Waals surface area contributed by atoms with Crippen molar-refractivity contribution in [3.8, 4) is 0 Å². The summed E-state index contributed by atoms with van der Waals surface area (Å²) < 4.78 is 28.7. The average Bonchev–Trinajstić information content (AvgIpc) is 3.04. The Kier molecular flexibility index (Phi) is 3.28. The molecular weight excluding hydrogens is 278 g/mol. The number of nitrogens with one attached hydrogen (secondary N) is 2. The number of sulfonamides is 1. The maximum atomic E-state index is 12.2. The van der Waals surface area contributed by atoms with Gasteiger partial charge in [0.05, 0.1) is 11.4 Å². The first-order chi connectivity index (χ1) is 9.56. The Labute approximate surface area is 117 Å². The van der Waals surface area contributed by atoms with E-state index in [-0.39, 0.29) is 11.4 Å². The zero-order valence-corrected chi connectivity index (χ0v) is 11.8. The van der Waals surface area contributed by atoms with Gasteiger partial charge in [-0.15, -0.1) is 10.2 Å². The van der Waals surface area contributed by atoms with Crippen LogP contribution in [0.15, 0.2) is 29.4 Å². The number of hydrogen-bond acceptors (Lipinski definition) is 5. The van der Waals surface area contributed by atoms with Crippen molar-refractivity contribution in [2.24, 2.45) is 7.05 Å². The highest BCUT2D eigenvalue weighted by Crippen LogP contribution is 2.19. The second kappa shape index (κ2) is 4.97. The first-order valence-electron chi connectivity index (χ1n) is 6.21. The SMILES string of the molecule is Cn1cnnc1CNS(=O)(=O)c1ccc2c(c1)CNC2. The number of rotatable bonds is 4. The van der Waals surface area contributed by atoms with Crippen LogP contribution in [0.1, 0.15) is 17.0 Å². The van der Waals surface area contributed by atoms with Crippen LogP contribution >= 0.6 is 0 Å². The second-order valence-corrected chi connectivity index (χ2v) is 6.48. The summed E-state index contributed by atoms with van der Waals surface area (Å²) in [5, 5.41) is 10.7. The zero-order valence-electron chi connectivity index (χ0n) is 11.0. The lowest BCUT2D eigenvalue weighted by molar-refractivity contribution is 0.577. The molecular formula is C12H15N5O2S. The van der Waals surface area contributed by atoms with Crippen molar-refractivity contribution < 1.29 is 8.42 Å². The molecule has 7 nitrogen and oxygen atoms in total. The van der Waals surface area contributed by atoms with Crippen LogP contribution in [0.3, 0.4) is 0 Å². The van der Waals surface area contributed by atoms with Crippen LogP contribution in [0, 0.1) is 0 Å². The summed E-state index contributed by atoms with van der Waals surface area (Å²) in [4.78, 5) is 0.280. The Bertz CT molecular complexity index is 738. The monoisotopic (exact) mass is 293 g/mol. The van der Waals surface area contributed by atoms with Crippen molar-refractivity contribution >= 4 is 10.0 Å². The van der Waals surface area contributed by atoms with Crippen molar-refractivity contribution in [1.82, 2.24) is 24.8 Å². The summed E-state index contributed by atoms with van der Waals surface area (Å²) in [5.74, 6) is 0.566. The third-order valence-electron chi connectivity index (χ3n) is 3.34. The van der Waals surface area contributed by atoms with E-state index in [1.54, 1.807) is 23.7 Å². The van der Waals surface area contributed by atoms with Gasteiger partial charge in [-0.2, -0.15) is 0 Å². The maximum Gasteiger partial charge on any atom is 0.240 e. The summed E-state index contributed by atoms with van der Waals surface area (Å²) in [6.45, 7) is 1.62. The number of fused-ring (bicyclic) bond motifs is 1. The minimum absolute atomic E-state index is 0.119. The molecule has 1 aliphatic rings. The van der Waals surface area contributed by atoms with Crippen molar-refractivity contribution in [3.05, 3.63) is 41.5 Å². The number of hydrogen-bond donors (Lipinski definition) is 2. The van der Waals surface area contributed by atoms with Crippen LogP contribution in [0.25, 0.3) is 0 Å². The van der Waals surface area contributed by atoms with Crippen LogP contribution < -0.4 is 10.0 Å². The van der Waals surface area contributed by atoms with E-state index in [2.05, 4.69) is 20.2 Å². The Balaban J connectivity index is 1.80. The summed E-state index contributed by atoms with van der Waals surface area (Å²) in [5.41, 5.74) is 2.18. The largest absolute Gasteiger partial charge is 0.320 e. The van der Waals surface area contributed by atoms with E-state index in [1.165, 1.54) is 6.33 Å². The van der Waals surface area contributed by atoms with Crippen LogP contribution in [0.5, 0.6) is 0 Å². The first kappa shape index (κ1) is 13.2. The van der Waals surface area contributed by atoms with Crippen LogP contribution in [0.2, 0.25) is 0 Å². The van der Waals surface area contributed by atoms with E-state index >= 15 is 0 Å². The molecule has 0 bridgehead atoms. The molecule has 0 spiro atoms. The van der Waals surface area contributed by atoms with E-state index in [0.29, 0.717) is 12.4 Å². The van der Waals surface area contributed by atoms with Gasteiger partial charge in [0.1, 0.15) is 12.2 Å². The van der Waals surface area contributed by atoms with E-state index in [4.69, 9.17) is 0 Å². The Hall–Kier alpha value is -1.77. The second-order valence-electron chi connectivity index (χ2n) is 4.72. The maximum absolute atomic E-state index is 12.2. The quantitative estimate of drug-likeness (QED) is 0.821. The van der Waals surface area contributed by atoms with E-state index in [0.717, 1.165) is 17.7 Å². The lowest BCUT2D eigenvalue weighted by atomic mass is 10.1. The predicted molar refractivity (Wildman–Crippen MR) is 72.0 cm³/mol. The third-order valence-corrected chi connectivity index (χ3v) is 4.74. The van der Waals surface area contributed by atoms with Gasteiger partial charge in [-0.25, -0.2) is 13.1 Å². The fraction of sp³-hybridized carbons (Fsp3) is 0.333. The topological polar surface area (TPSA) is 88.9 Å². The van der Waals surface area contributed by atoms with Crippen LogP contribution in [-0.4, -0.2) is 23.2 Å². The smallest absolute Gasteiger partial charge is 0.240 e. The number of benzene rings is 1. The van der Waals surface area contributed by atoms with Gasteiger partial charge < -0.3 is 9.88 Å². The molecule has 20 heavy (non-hydrogen) atoms. The third kappa shape index (κ3) is 2.45. The first-order valence-corrected chi connectivity index (χ1v) is 7.69. The van der Waals surface area contributed by atoms with Gasteiger partial charge in [0.25, 0.3) is 0 Å². The lowest BCUT2D eigenvalue weighted by Crippen LogP contribution is -2.24. The van der Waals surface area contributed by atoms with Crippen molar-refractivity contribution in [2.75, 3.05) is 0 Å². The summed E-state index contributed by atoms with van der Waals surface area (Å²) in [6.07, 6.45) is 1.53. The van der Waals surface area contributed by atoms with Crippen molar-refractivity contribution in [2.45, 2.75) is 24.5 Å². The molecule has 0 unspecified atom stereocenters. The molecule has 0 aliphatic carbocycles. The Morgan fingerprint density at radius 1 is 1.35 bits per heavy atom. The van der Waals surface area contributed by atoms with Crippen LogP contribution in [0.4, 0.5) is 0 Å². The molecule has 1 aromatic heterocycles. The number of nitrogens with zero attached hydrogens (tertiary/aromatic N) is 3. The average molecular weight is 293 g/mol. The standard InChI is InChI=1S/C12H15N5O2S/c1-17-8-14-16-12(17)7-15-20(18,19)11-3-2-9-5-13-6-10(9)4-11/h2-4,8,13,15H,5-7H2,1H3. The molecule has 0 radical (unpaired) electrons. The lowest BCUT2D eigenvalue weighted by Gasteiger charge is -2.08. The minimum atomic E-state index is -3.53. The van der Waals surface area contributed by atoms with Gasteiger partial charge in [-0.1, -0.05) is 6.07 Å². The number of aromatic nitrogens is 3. The summed E-state index contributed by atoms with van der Waals surface area (Å²) in [7, 11) is -1.77. The van der Waals surface area contributed by atoms with Gasteiger partial charge in [0.15, 0.2) is 0 Å². The fourth-order valence-corrected chi connectivity index (χ4v) is 3.18. The normalized spacial score (nSPS) is 14.4. The molecule has 0 saturated carbocycles. The summed E-state index contributed by atoms with van der Waals surface area (Å²) >= 11 is 0. The minimum Gasteiger partial charge on any atom is -0.320 e. The van der Waals surface area contributed by atoms with Gasteiger partial charge in [-0.3, -0.25) is 0 Å². The highest BCUT2D eigenvalue weighted by molar-refractivity contribution is 7.89. The molecule has 3 rings (SSSR count). The van der Waals surface area contributed by atoms with E-state index in [1.807, 2.05) is 6.07 Å². The summed E-state index contributed by atoms with van der Waals surface area (Å²) in [6, 6.07) is 5.20. The van der Waals surface area contributed by atoms with Gasteiger partial charge >= 0.3 is 0 Å². The molecule has 2 N–H and O–H groups in total. The molecule has 0 fully saturated rings. The van der Waals surface area contributed by atoms with Crippen molar-refractivity contribution in [3.63, 3.8) is 0 Å². The van der Waals surface area contributed by atoms with Crippen LogP contribution in [-0.2, 0) is 36.7 Å². The number of aryl methyl sites for hydroxylation is 1. The Morgan fingerprint density at radius 3 is 2.90 bits per heavy atom. The molecule has 2 heterocycles. The molecule has 0 amide bonds. The highest BCUT2D eigenvalue weighted by Gasteiger charge is 2.18. The molecule has 0 atom stereocenters. The van der Waals surface area contributed by atoms with Gasteiger partial charge in [0, 0.05) is 20.1 Å². The molecule has 1 aliphatic heterocycles. The fourth-order valence-electron chi connectivity index (χ4n) is 2.15.